The van der Waals surface area contributed by atoms with Gasteiger partial charge in [-0.25, -0.2) is 0 Å². The third-order valence-electron chi connectivity index (χ3n) is 2.79. The summed E-state index contributed by atoms with van der Waals surface area (Å²) in [5, 5.41) is 5.52. The van der Waals surface area contributed by atoms with Crippen LogP contribution >= 0.6 is 11.8 Å². The number of hydrogen-bond acceptors (Lipinski definition) is 2. The van der Waals surface area contributed by atoms with E-state index >= 15 is 0 Å². The second-order valence-electron chi connectivity index (χ2n) is 4.44. The summed E-state index contributed by atoms with van der Waals surface area (Å²) >= 11 is 1.75. The van der Waals surface area contributed by atoms with Gasteiger partial charge in [0, 0.05) is 16.9 Å². The first-order chi connectivity index (χ1) is 9.50. The zero-order valence-corrected chi connectivity index (χ0v) is 11.8. The van der Waals surface area contributed by atoms with Crippen LogP contribution in [-0.2, 0) is 12.6 Å². The van der Waals surface area contributed by atoms with Crippen LogP contribution in [0.15, 0.2) is 35.4 Å². The van der Waals surface area contributed by atoms with E-state index in [1.807, 2.05) is 29.4 Å². The molecule has 1 N–H and O–H groups in total. The van der Waals surface area contributed by atoms with E-state index in [-0.39, 0.29) is 12.0 Å². The molecule has 0 unspecified atom stereocenters. The normalized spacial score (nSPS) is 11.8. The van der Waals surface area contributed by atoms with E-state index in [2.05, 4.69) is 12.0 Å². The van der Waals surface area contributed by atoms with Gasteiger partial charge in [0.05, 0.1) is 6.20 Å². The molecular formula is C14H15F3N2S. The number of aromatic amines is 1. The maximum Gasteiger partial charge on any atom is 0.433 e. The number of nitrogens with zero attached hydrogens (tertiary/aromatic N) is 1. The average molecular weight is 300 g/mol. The number of nitrogens with one attached hydrogen (secondary N) is 1. The molecule has 108 valence electrons. The van der Waals surface area contributed by atoms with E-state index in [9.17, 15) is 13.2 Å². The minimum absolute atomic E-state index is 0.173. The molecule has 0 aliphatic rings. The van der Waals surface area contributed by atoms with Crippen molar-refractivity contribution in [3.8, 4) is 0 Å². The Morgan fingerprint density at radius 3 is 2.50 bits per heavy atom. The second kappa shape index (κ2) is 6.35. The van der Waals surface area contributed by atoms with Crippen molar-refractivity contribution >= 4 is 11.8 Å². The van der Waals surface area contributed by atoms with Crippen molar-refractivity contribution in [3.63, 3.8) is 0 Å². The van der Waals surface area contributed by atoms with Crippen LogP contribution in [0.25, 0.3) is 0 Å². The van der Waals surface area contributed by atoms with Gasteiger partial charge in [-0.15, -0.1) is 11.8 Å². The van der Waals surface area contributed by atoms with E-state index < -0.39 is 11.9 Å². The van der Waals surface area contributed by atoms with Gasteiger partial charge >= 0.3 is 6.18 Å². The number of H-pyrrole nitrogens is 1. The Morgan fingerprint density at radius 2 is 1.90 bits per heavy atom. The molecule has 1 aromatic carbocycles. The maximum absolute atomic E-state index is 12.7. The number of thioether (sulfide) groups is 1. The van der Waals surface area contributed by atoms with Crippen LogP contribution in [0.2, 0.25) is 0 Å². The smallest absolute Gasteiger partial charge is 0.273 e. The third-order valence-corrected chi connectivity index (χ3v) is 4.01. The molecule has 0 amide bonds. The minimum Gasteiger partial charge on any atom is -0.273 e. The molecule has 0 saturated carbocycles. The molecule has 0 radical (unpaired) electrons. The molecule has 0 atom stereocenters. The fraction of sp³-hybridized carbons (Fsp3) is 0.357. The summed E-state index contributed by atoms with van der Waals surface area (Å²) in [5.41, 5.74) is 0.256. The van der Waals surface area contributed by atoms with Gasteiger partial charge in [-0.05, 0) is 29.9 Å². The van der Waals surface area contributed by atoms with Gasteiger partial charge in [0.1, 0.15) is 5.69 Å². The lowest BCUT2D eigenvalue weighted by atomic mass is 10.1. The van der Waals surface area contributed by atoms with Gasteiger partial charge in [-0.1, -0.05) is 19.1 Å². The Kier molecular flexibility index (Phi) is 4.75. The van der Waals surface area contributed by atoms with Crippen LogP contribution in [-0.4, -0.2) is 16.0 Å². The van der Waals surface area contributed by atoms with Crippen molar-refractivity contribution in [3.05, 3.63) is 47.3 Å². The van der Waals surface area contributed by atoms with Crippen LogP contribution < -0.4 is 0 Å². The number of benzene rings is 1. The second-order valence-corrected chi connectivity index (χ2v) is 5.61. The lowest BCUT2D eigenvalue weighted by molar-refractivity contribution is -0.141. The summed E-state index contributed by atoms with van der Waals surface area (Å²) in [7, 11) is 0. The molecule has 1 aromatic heterocycles. The zero-order valence-electron chi connectivity index (χ0n) is 11.0. The van der Waals surface area contributed by atoms with E-state index in [0.29, 0.717) is 0 Å². The van der Waals surface area contributed by atoms with Crippen LogP contribution in [0.1, 0.15) is 30.2 Å². The molecule has 1 heterocycles. The molecule has 0 spiro atoms. The standard InChI is InChI=1S/C14H15F3N2S/c1-2-7-20-12-5-3-10(4-6-12)8-11-9-18-19-13(11)14(15,16)17/h3-6,9H,2,7-8H2,1H3,(H,18,19). The fourth-order valence-electron chi connectivity index (χ4n) is 1.83. The first-order valence-corrected chi connectivity index (χ1v) is 7.30. The lowest BCUT2D eigenvalue weighted by Gasteiger charge is -2.07. The zero-order chi connectivity index (χ0) is 14.6. The summed E-state index contributed by atoms with van der Waals surface area (Å²) < 4.78 is 38.1. The predicted octanol–water partition coefficient (Wildman–Crippen LogP) is 4.52. The molecule has 2 rings (SSSR count). The minimum atomic E-state index is -4.39. The van der Waals surface area contributed by atoms with Gasteiger partial charge < -0.3 is 0 Å². The van der Waals surface area contributed by atoms with E-state index in [4.69, 9.17) is 0 Å². The van der Waals surface area contributed by atoms with Gasteiger partial charge in [-0.2, -0.15) is 18.3 Å². The quantitative estimate of drug-likeness (QED) is 0.822. The van der Waals surface area contributed by atoms with Crippen molar-refractivity contribution in [2.45, 2.75) is 30.8 Å². The molecule has 0 saturated heterocycles. The molecule has 0 aliphatic heterocycles. The van der Waals surface area contributed by atoms with Crippen LogP contribution in [0.3, 0.4) is 0 Å². The van der Waals surface area contributed by atoms with E-state index in [1.165, 1.54) is 6.20 Å². The Bertz CT molecular complexity index is 546. The SMILES string of the molecule is CCCSc1ccc(Cc2cn[nH]c2C(F)(F)F)cc1. The van der Waals surface area contributed by atoms with E-state index in [0.717, 1.165) is 22.6 Å². The highest BCUT2D eigenvalue weighted by Crippen LogP contribution is 2.31. The van der Waals surface area contributed by atoms with Gasteiger partial charge in [0.25, 0.3) is 0 Å². The van der Waals surface area contributed by atoms with Crippen molar-refractivity contribution < 1.29 is 13.2 Å². The number of rotatable bonds is 5. The largest absolute Gasteiger partial charge is 0.433 e. The lowest BCUT2D eigenvalue weighted by Crippen LogP contribution is -2.09. The number of aromatic nitrogens is 2. The van der Waals surface area contributed by atoms with Gasteiger partial charge in [0.2, 0.25) is 0 Å². The van der Waals surface area contributed by atoms with Crippen molar-refractivity contribution in [2.75, 3.05) is 5.75 Å². The molecule has 20 heavy (non-hydrogen) atoms. The van der Waals surface area contributed by atoms with Gasteiger partial charge in [-0.3, -0.25) is 5.10 Å². The highest BCUT2D eigenvalue weighted by Gasteiger charge is 2.35. The molecule has 0 bridgehead atoms. The van der Waals surface area contributed by atoms with Crippen LogP contribution in [0.4, 0.5) is 13.2 Å². The Labute approximate surface area is 119 Å². The van der Waals surface area contributed by atoms with Crippen LogP contribution in [0.5, 0.6) is 0 Å². The maximum atomic E-state index is 12.7. The van der Waals surface area contributed by atoms with Gasteiger partial charge in [0.15, 0.2) is 0 Å². The Balaban J connectivity index is 2.09. The summed E-state index contributed by atoms with van der Waals surface area (Å²) in [6.07, 6.45) is -1.83. The Hall–Kier alpha value is -1.43. The first kappa shape index (κ1) is 15.0. The third kappa shape index (κ3) is 3.79. The summed E-state index contributed by atoms with van der Waals surface area (Å²) in [5.74, 6) is 1.04. The summed E-state index contributed by atoms with van der Waals surface area (Å²) in [6, 6.07) is 7.63. The van der Waals surface area contributed by atoms with Crippen molar-refractivity contribution in [1.82, 2.24) is 10.2 Å². The molecule has 2 nitrogen and oxygen atoms in total. The number of alkyl halides is 3. The van der Waals surface area contributed by atoms with Crippen molar-refractivity contribution in [1.29, 1.82) is 0 Å². The fourth-order valence-corrected chi connectivity index (χ4v) is 2.60. The highest BCUT2D eigenvalue weighted by molar-refractivity contribution is 7.99. The Morgan fingerprint density at radius 1 is 1.20 bits per heavy atom. The molecule has 6 heteroatoms. The molecule has 2 aromatic rings. The number of hydrogen-bond donors (Lipinski definition) is 1. The van der Waals surface area contributed by atoms with E-state index in [1.54, 1.807) is 11.8 Å². The van der Waals surface area contributed by atoms with Crippen LogP contribution in [0, 0.1) is 0 Å². The molecular weight excluding hydrogens is 285 g/mol. The first-order valence-electron chi connectivity index (χ1n) is 6.32. The molecule has 0 fully saturated rings. The molecule has 0 aliphatic carbocycles. The predicted molar refractivity (Wildman–Crippen MR) is 73.9 cm³/mol. The number of halogens is 3. The topological polar surface area (TPSA) is 28.7 Å². The monoisotopic (exact) mass is 300 g/mol. The average Bonchev–Trinajstić information content (AvgIpc) is 2.86. The summed E-state index contributed by atoms with van der Waals surface area (Å²) in [4.78, 5) is 1.14. The van der Waals surface area contributed by atoms with Crippen molar-refractivity contribution in [2.24, 2.45) is 0 Å². The summed E-state index contributed by atoms with van der Waals surface area (Å²) in [6.45, 7) is 2.11. The highest BCUT2D eigenvalue weighted by atomic mass is 32.2.